The zero-order valence-electron chi connectivity index (χ0n) is 20.4. The average molecular weight is 425 g/mol. The van der Waals surface area contributed by atoms with Crippen molar-refractivity contribution < 1.29 is 10.2 Å². The molecule has 2 unspecified atom stereocenters. The van der Waals surface area contributed by atoms with Crippen LogP contribution in [0.4, 0.5) is 0 Å². The molecule has 0 aromatic rings. The van der Waals surface area contributed by atoms with Crippen LogP contribution in [0.3, 0.4) is 0 Å². The highest BCUT2D eigenvalue weighted by Gasteiger charge is 2.15. The van der Waals surface area contributed by atoms with Crippen molar-refractivity contribution in [1.29, 1.82) is 0 Å². The van der Waals surface area contributed by atoms with Gasteiger partial charge in [-0.1, -0.05) is 154 Å². The molecule has 0 saturated heterocycles. The number of aliphatic hydroxyl groups is 2. The maximum Gasteiger partial charge on any atom is 0.0799 e. The van der Waals surface area contributed by atoms with E-state index in [1.165, 1.54) is 141 Å². The third-order valence-electron chi connectivity index (χ3n) is 7.19. The summed E-state index contributed by atoms with van der Waals surface area (Å²) in [6.07, 6.45) is 33.3. The van der Waals surface area contributed by atoms with Gasteiger partial charge in [-0.2, -0.15) is 0 Å². The molecule has 1 aliphatic rings. The lowest BCUT2D eigenvalue weighted by molar-refractivity contribution is 0.00711. The van der Waals surface area contributed by atoms with Crippen molar-refractivity contribution in [2.45, 2.75) is 179 Å². The topological polar surface area (TPSA) is 40.5 Å². The van der Waals surface area contributed by atoms with E-state index in [1.807, 2.05) is 0 Å². The average Bonchev–Trinajstić information content (AvgIpc) is 2.75. The fourth-order valence-electron chi connectivity index (χ4n) is 4.98. The monoisotopic (exact) mass is 424 g/mol. The van der Waals surface area contributed by atoms with Gasteiger partial charge in [0.2, 0.25) is 0 Å². The lowest BCUT2D eigenvalue weighted by atomic mass is 9.99. The molecular formula is C28H56O2. The fourth-order valence-corrected chi connectivity index (χ4v) is 4.98. The first kappa shape index (κ1) is 28.0. The van der Waals surface area contributed by atoms with Crippen LogP contribution in [0.1, 0.15) is 167 Å². The number of hydrogen-bond donors (Lipinski definition) is 2. The van der Waals surface area contributed by atoms with Gasteiger partial charge in [0.1, 0.15) is 0 Å². The van der Waals surface area contributed by atoms with Gasteiger partial charge in [-0.05, 0) is 12.8 Å². The van der Waals surface area contributed by atoms with Gasteiger partial charge in [-0.15, -0.1) is 0 Å². The predicted octanol–water partition coefficient (Wildman–Crippen LogP) is 8.86. The van der Waals surface area contributed by atoms with Crippen molar-refractivity contribution >= 4 is 0 Å². The van der Waals surface area contributed by atoms with Crippen molar-refractivity contribution in [2.24, 2.45) is 0 Å². The minimum atomic E-state index is -0.503. The molecule has 30 heavy (non-hydrogen) atoms. The molecule has 1 saturated carbocycles. The minimum Gasteiger partial charge on any atom is -0.390 e. The second-order valence-electron chi connectivity index (χ2n) is 10.2. The highest BCUT2D eigenvalue weighted by molar-refractivity contribution is 4.67. The van der Waals surface area contributed by atoms with Gasteiger partial charge in [0.25, 0.3) is 0 Å². The van der Waals surface area contributed by atoms with E-state index in [-0.39, 0.29) is 0 Å². The maximum absolute atomic E-state index is 10.2. The molecule has 1 fully saturated rings. The van der Waals surface area contributed by atoms with Crippen LogP contribution in [0.15, 0.2) is 0 Å². The molecule has 0 aromatic heterocycles. The normalized spacial score (nSPS) is 28.2. The molecule has 0 amide bonds. The standard InChI is InChI=1S/C28H56O2/c29-27-25-23-21-19-17-15-13-11-9-7-5-3-1-2-4-6-8-10-12-14-16-18-20-22-24-26-28(27)30/h27-30H,1-26H2. The van der Waals surface area contributed by atoms with Gasteiger partial charge < -0.3 is 10.2 Å². The molecule has 0 aromatic carbocycles. The zero-order valence-corrected chi connectivity index (χ0v) is 20.4. The summed E-state index contributed by atoms with van der Waals surface area (Å²) in [4.78, 5) is 0. The Morgan fingerprint density at radius 1 is 0.233 bits per heavy atom. The largest absolute Gasteiger partial charge is 0.390 e. The predicted molar refractivity (Wildman–Crippen MR) is 132 cm³/mol. The Morgan fingerprint density at radius 3 is 0.533 bits per heavy atom. The number of hydrogen-bond acceptors (Lipinski definition) is 2. The summed E-state index contributed by atoms with van der Waals surface area (Å²) in [6.45, 7) is 0. The Labute approximate surface area is 189 Å². The lowest BCUT2D eigenvalue weighted by Crippen LogP contribution is -2.25. The molecule has 0 heterocycles. The van der Waals surface area contributed by atoms with Crippen molar-refractivity contribution in [2.75, 3.05) is 0 Å². The van der Waals surface area contributed by atoms with E-state index in [2.05, 4.69) is 0 Å². The van der Waals surface area contributed by atoms with Gasteiger partial charge in [0, 0.05) is 0 Å². The SMILES string of the molecule is OC1CCCCCCCCCCCCCCCCCCCCCCCCCCC1O. The van der Waals surface area contributed by atoms with E-state index in [0.29, 0.717) is 0 Å². The Balaban J connectivity index is 2.13. The summed E-state index contributed by atoms with van der Waals surface area (Å²) in [7, 11) is 0. The maximum atomic E-state index is 10.2. The smallest absolute Gasteiger partial charge is 0.0799 e. The third kappa shape index (κ3) is 18.7. The van der Waals surface area contributed by atoms with Crippen LogP contribution in [-0.2, 0) is 0 Å². The van der Waals surface area contributed by atoms with Gasteiger partial charge in [-0.3, -0.25) is 0 Å². The summed E-state index contributed by atoms with van der Waals surface area (Å²) >= 11 is 0. The number of rotatable bonds is 0. The van der Waals surface area contributed by atoms with Crippen LogP contribution in [0.2, 0.25) is 0 Å². The Hall–Kier alpha value is -0.0800. The summed E-state index contributed by atoms with van der Waals surface area (Å²) in [5.41, 5.74) is 0. The van der Waals surface area contributed by atoms with E-state index in [1.54, 1.807) is 0 Å². The lowest BCUT2D eigenvalue weighted by Gasteiger charge is -2.17. The number of aliphatic hydroxyl groups excluding tert-OH is 2. The van der Waals surface area contributed by atoms with E-state index < -0.39 is 12.2 Å². The highest BCUT2D eigenvalue weighted by Crippen LogP contribution is 2.18. The van der Waals surface area contributed by atoms with Crippen LogP contribution in [0.25, 0.3) is 0 Å². The zero-order chi connectivity index (χ0) is 21.5. The Bertz CT molecular complexity index is 299. The summed E-state index contributed by atoms with van der Waals surface area (Å²) in [6, 6.07) is 0. The van der Waals surface area contributed by atoms with E-state index >= 15 is 0 Å². The minimum absolute atomic E-state index is 0.503. The molecule has 0 radical (unpaired) electrons. The molecule has 180 valence electrons. The van der Waals surface area contributed by atoms with E-state index in [0.717, 1.165) is 25.7 Å². The molecule has 2 atom stereocenters. The second-order valence-corrected chi connectivity index (χ2v) is 10.2. The molecular weight excluding hydrogens is 368 g/mol. The fraction of sp³-hybridized carbons (Fsp3) is 1.00. The Kier molecular flexibility index (Phi) is 20.6. The first-order valence-corrected chi connectivity index (χ1v) is 14.2. The molecule has 2 N–H and O–H groups in total. The van der Waals surface area contributed by atoms with E-state index in [9.17, 15) is 10.2 Å². The molecule has 0 spiro atoms. The van der Waals surface area contributed by atoms with Crippen LogP contribution in [0, 0.1) is 0 Å². The molecule has 0 aliphatic heterocycles. The van der Waals surface area contributed by atoms with Crippen molar-refractivity contribution in [3.8, 4) is 0 Å². The molecule has 1 rings (SSSR count). The van der Waals surface area contributed by atoms with Crippen molar-refractivity contribution in [3.05, 3.63) is 0 Å². The quantitative estimate of drug-likeness (QED) is 0.407. The van der Waals surface area contributed by atoms with Crippen LogP contribution in [0.5, 0.6) is 0 Å². The Morgan fingerprint density at radius 2 is 0.367 bits per heavy atom. The van der Waals surface area contributed by atoms with Gasteiger partial charge in [0.05, 0.1) is 12.2 Å². The summed E-state index contributed by atoms with van der Waals surface area (Å²) in [5, 5.41) is 20.4. The van der Waals surface area contributed by atoms with Crippen LogP contribution < -0.4 is 0 Å². The highest BCUT2D eigenvalue weighted by atomic mass is 16.3. The first-order chi connectivity index (χ1) is 14.8. The summed E-state index contributed by atoms with van der Waals surface area (Å²) < 4.78 is 0. The van der Waals surface area contributed by atoms with Gasteiger partial charge in [-0.25, -0.2) is 0 Å². The van der Waals surface area contributed by atoms with Crippen LogP contribution >= 0.6 is 0 Å². The van der Waals surface area contributed by atoms with Crippen LogP contribution in [-0.4, -0.2) is 22.4 Å². The van der Waals surface area contributed by atoms with Crippen molar-refractivity contribution in [3.63, 3.8) is 0 Å². The first-order valence-electron chi connectivity index (χ1n) is 14.2. The third-order valence-corrected chi connectivity index (χ3v) is 7.19. The molecule has 1 aliphatic carbocycles. The second kappa shape index (κ2) is 22.1. The molecule has 2 nitrogen and oxygen atoms in total. The summed E-state index contributed by atoms with van der Waals surface area (Å²) in [5.74, 6) is 0. The van der Waals surface area contributed by atoms with E-state index in [4.69, 9.17) is 0 Å². The van der Waals surface area contributed by atoms with Gasteiger partial charge in [0.15, 0.2) is 0 Å². The van der Waals surface area contributed by atoms with Gasteiger partial charge >= 0.3 is 0 Å². The molecule has 2 heteroatoms. The van der Waals surface area contributed by atoms with Crippen molar-refractivity contribution in [1.82, 2.24) is 0 Å². The molecule has 0 bridgehead atoms.